The minimum atomic E-state index is -3.54. The number of methoxy groups -OCH3 is 2. The van der Waals surface area contributed by atoms with Crippen molar-refractivity contribution in [2.45, 2.75) is 32.1 Å². The molecule has 0 radical (unpaired) electrons. The topological polar surface area (TPSA) is 55.8 Å². The quantitative estimate of drug-likeness (QED) is 0.741. The third-order valence-electron chi connectivity index (χ3n) is 4.44. The Morgan fingerprint density at radius 2 is 1.50 bits per heavy atom. The minimum Gasteiger partial charge on any atom is -0.493 e. The van der Waals surface area contributed by atoms with E-state index in [0.717, 1.165) is 22.3 Å². The van der Waals surface area contributed by atoms with Gasteiger partial charge in [-0.3, -0.25) is 0 Å². The smallest absolute Gasteiger partial charge is 0.243 e. The number of ether oxygens (including phenoxy) is 2. The van der Waals surface area contributed by atoms with Crippen molar-refractivity contribution in [1.29, 1.82) is 0 Å². The maximum absolute atomic E-state index is 13.0. The van der Waals surface area contributed by atoms with Gasteiger partial charge >= 0.3 is 0 Å². The lowest BCUT2D eigenvalue weighted by atomic mass is 10.1. The lowest BCUT2D eigenvalue weighted by molar-refractivity contribution is 0.354. The third kappa shape index (κ3) is 4.19. The van der Waals surface area contributed by atoms with E-state index in [9.17, 15) is 8.42 Å². The first-order valence-electron chi connectivity index (χ1n) is 8.45. The van der Waals surface area contributed by atoms with Crippen molar-refractivity contribution in [3.8, 4) is 11.5 Å². The van der Waals surface area contributed by atoms with Crippen LogP contribution < -0.4 is 9.47 Å². The molecule has 2 aromatic rings. The summed E-state index contributed by atoms with van der Waals surface area (Å²) in [5.41, 5.74) is 3.61. The highest BCUT2D eigenvalue weighted by Crippen LogP contribution is 2.28. The fourth-order valence-corrected chi connectivity index (χ4v) is 4.75. The fraction of sp³-hybridized carbons (Fsp3) is 0.400. The molecule has 0 saturated carbocycles. The second-order valence-electron chi connectivity index (χ2n) is 6.49. The van der Waals surface area contributed by atoms with Crippen molar-refractivity contribution in [2.24, 2.45) is 0 Å². The van der Waals surface area contributed by atoms with Crippen molar-refractivity contribution in [3.63, 3.8) is 0 Å². The Kier molecular flexibility index (Phi) is 6.31. The summed E-state index contributed by atoms with van der Waals surface area (Å²) in [6.45, 7) is 6.03. The Hall–Kier alpha value is -2.05. The zero-order valence-corrected chi connectivity index (χ0v) is 17.1. The molecule has 0 bridgehead atoms. The maximum Gasteiger partial charge on any atom is 0.243 e. The van der Waals surface area contributed by atoms with Crippen LogP contribution >= 0.6 is 0 Å². The molecule has 0 unspecified atom stereocenters. The van der Waals surface area contributed by atoms with Crippen molar-refractivity contribution >= 4 is 10.0 Å². The molecule has 0 spiro atoms. The van der Waals surface area contributed by atoms with Crippen LogP contribution in [0.1, 0.15) is 22.3 Å². The van der Waals surface area contributed by atoms with Gasteiger partial charge in [-0.15, -0.1) is 0 Å². The highest BCUT2D eigenvalue weighted by atomic mass is 32.2. The second kappa shape index (κ2) is 8.10. The maximum atomic E-state index is 13.0. The number of benzene rings is 2. The van der Waals surface area contributed by atoms with Crippen LogP contribution in [0.2, 0.25) is 0 Å². The SMILES string of the molecule is COc1ccc(CCN(C)S(=O)(=O)c2c(C)cc(C)cc2C)cc1OC. The number of rotatable bonds is 7. The Balaban J connectivity index is 2.21. The molecule has 2 rings (SSSR count). The van der Waals surface area contributed by atoms with E-state index in [1.54, 1.807) is 21.3 Å². The summed E-state index contributed by atoms with van der Waals surface area (Å²) in [5.74, 6) is 1.30. The summed E-state index contributed by atoms with van der Waals surface area (Å²) in [7, 11) is 1.25. The lowest BCUT2D eigenvalue weighted by Gasteiger charge is -2.20. The van der Waals surface area contributed by atoms with Gasteiger partial charge in [-0.2, -0.15) is 0 Å². The van der Waals surface area contributed by atoms with Gasteiger partial charge in [-0.1, -0.05) is 23.8 Å². The lowest BCUT2D eigenvalue weighted by Crippen LogP contribution is -2.30. The Morgan fingerprint density at radius 1 is 0.923 bits per heavy atom. The molecular formula is C20H27NO4S. The Morgan fingerprint density at radius 3 is 2.04 bits per heavy atom. The second-order valence-corrected chi connectivity index (χ2v) is 8.48. The predicted octanol–water partition coefficient (Wildman–Crippen LogP) is 3.49. The van der Waals surface area contributed by atoms with E-state index >= 15 is 0 Å². The van der Waals surface area contributed by atoms with Gasteiger partial charge in [0.1, 0.15) is 0 Å². The summed E-state index contributed by atoms with van der Waals surface area (Å²) >= 11 is 0. The molecule has 6 heteroatoms. The van der Waals surface area contributed by atoms with Crippen molar-refractivity contribution in [2.75, 3.05) is 27.8 Å². The molecule has 0 saturated heterocycles. The van der Waals surface area contributed by atoms with E-state index in [-0.39, 0.29) is 0 Å². The Labute approximate surface area is 156 Å². The van der Waals surface area contributed by atoms with Gasteiger partial charge in [-0.05, 0) is 56.0 Å². The highest BCUT2D eigenvalue weighted by Gasteiger charge is 2.24. The van der Waals surface area contributed by atoms with Gasteiger partial charge in [-0.25, -0.2) is 12.7 Å². The van der Waals surface area contributed by atoms with Crippen LogP contribution in [0.25, 0.3) is 0 Å². The van der Waals surface area contributed by atoms with Crippen LogP contribution in [0.4, 0.5) is 0 Å². The summed E-state index contributed by atoms with van der Waals surface area (Å²) in [4.78, 5) is 0.401. The monoisotopic (exact) mass is 377 g/mol. The number of likely N-dealkylation sites (N-methyl/N-ethyl adjacent to an activating group) is 1. The zero-order chi connectivity index (χ0) is 19.5. The number of sulfonamides is 1. The zero-order valence-electron chi connectivity index (χ0n) is 16.3. The van der Waals surface area contributed by atoms with Gasteiger partial charge in [0.15, 0.2) is 11.5 Å². The molecule has 0 aliphatic rings. The molecule has 0 aliphatic carbocycles. The number of aryl methyl sites for hydroxylation is 3. The molecule has 5 nitrogen and oxygen atoms in total. The van der Waals surface area contributed by atoms with Crippen LogP contribution in [0.15, 0.2) is 35.2 Å². The molecule has 0 N–H and O–H groups in total. The molecule has 0 aliphatic heterocycles. The molecule has 0 amide bonds. The van der Waals surface area contributed by atoms with E-state index < -0.39 is 10.0 Å². The van der Waals surface area contributed by atoms with Crippen molar-refractivity contribution in [1.82, 2.24) is 4.31 Å². The van der Waals surface area contributed by atoms with Gasteiger partial charge in [0, 0.05) is 13.6 Å². The average molecular weight is 378 g/mol. The van der Waals surface area contributed by atoms with E-state index in [4.69, 9.17) is 9.47 Å². The van der Waals surface area contributed by atoms with Crippen LogP contribution in [0.5, 0.6) is 11.5 Å². The first-order chi connectivity index (χ1) is 12.2. The molecule has 0 fully saturated rings. The molecular weight excluding hydrogens is 350 g/mol. The van der Waals surface area contributed by atoms with E-state index in [1.165, 1.54) is 4.31 Å². The van der Waals surface area contributed by atoms with Gasteiger partial charge in [0.25, 0.3) is 0 Å². The average Bonchev–Trinajstić information content (AvgIpc) is 2.57. The predicted molar refractivity (Wildman–Crippen MR) is 104 cm³/mol. The van der Waals surface area contributed by atoms with Crippen LogP contribution in [-0.2, 0) is 16.4 Å². The van der Waals surface area contributed by atoms with Crippen molar-refractivity contribution < 1.29 is 17.9 Å². The van der Waals surface area contributed by atoms with Gasteiger partial charge in [0.05, 0.1) is 19.1 Å². The van der Waals surface area contributed by atoms with Gasteiger partial charge in [0.2, 0.25) is 10.0 Å². The van der Waals surface area contributed by atoms with Crippen LogP contribution in [0.3, 0.4) is 0 Å². The third-order valence-corrected chi connectivity index (χ3v) is 6.60. The largest absolute Gasteiger partial charge is 0.493 e. The molecule has 2 aromatic carbocycles. The molecule has 0 atom stereocenters. The van der Waals surface area contributed by atoms with E-state index in [2.05, 4.69) is 0 Å². The number of nitrogens with zero attached hydrogens (tertiary/aromatic N) is 1. The summed E-state index contributed by atoms with van der Waals surface area (Å²) < 4.78 is 38.0. The molecule has 0 aromatic heterocycles. The summed E-state index contributed by atoms with van der Waals surface area (Å²) in [5, 5.41) is 0. The number of hydrogen-bond acceptors (Lipinski definition) is 4. The highest BCUT2D eigenvalue weighted by molar-refractivity contribution is 7.89. The van der Waals surface area contributed by atoms with E-state index in [0.29, 0.717) is 29.4 Å². The normalized spacial score (nSPS) is 11.7. The fourth-order valence-electron chi connectivity index (χ4n) is 3.17. The minimum absolute atomic E-state index is 0.380. The molecule has 0 heterocycles. The van der Waals surface area contributed by atoms with Crippen LogP contribution in [-0.4, -0.2) is 40.5 Å². The van der Waals surface area contributed by atoms with Gasteiger partial charge < -0.3 is 9.47 Å². The summed E-state index contributed by atoms with van der Waals surface area (Å²) in [6, 6.07) is 9.44. The van der Waals surface area contributed by atoms with E-state index in [1.807, 2.05) is 51.1 Å². The molecule has 142 valence electrons. The Bertz CT molecular complexity index is 868. The summed E-state index contributed by atoms with van der Waals surface area (Å²) in [6.07, 6.45) is 0.583. The van der Waals surface area contributed by atoms with Crippen LogP contribution in [0, 0.1) is 20.8 Å². The first-order valence-corrected chi connectivity index (χ1v) is 9.89. The first kappa shape index (κ1) is 20.3. The number of hydrogen-bond donors (Lipinski definition) is 0. The van der Waals surface area contributed by atoms with Crippen molar-refractivity contribution in [3.05, 3.63) is 52.6 Å². The molecule has 26 heavy (non-hydrogen) atoms. The standard InChI is InChI=1S/C20H27NO4S/c1-14-11-15(2)20(16(3)12-14)26(22,23)21(4)10-9-17-7-8-18(24-5)19(13-17)25-6/h7-8,11-13H,9-10H2,1-6H3.